The molecule has 46 heavy (non-hydrogen) atoms. The van der Waals surface area contributed by atoms with E-state index < -0.39 is 28.5 Å². The standard InChI is InChI=1S/C36H40ClN3O5S/c1-3-5-23-38-36(42)34(25-28-13-8-6-9-14-28)39(26-29-15-12-16-30(37)24-29)35(41)27-40(31-19-21-32(22-20-31)45-4-2)46(43,44)33-17-10-7-11-18-33/h6-22,24,34H,3-5,23,25-27H2,1-2H3,(H,38,42). The number of carbonyl (C=O) groups excluding carboxylic acids is 2. The Balaban J connectivity index is 1.78. The number of unbranched alkanes of at least 4 members (excludes halogenated alkanes) is 1. The molecule has 1 unspecified atom stereocenters. The molecule has 0 heterocycles. The van der Waals surface area contributed by atoms with E-state index in [1.54, 1.807) is 60.7 Å². The minimum Gasteiger partial charge on any atom is -0.494 e. The molecule has 0 bridgehead atoms. The molecule has 242 valence electrons. The maximum Gasteiger partial charge on any atom is 0.264 e. The van der Waals surface area contributed by atoms with Gasteiger partial charge in [-0.05, 0) is 73.0 Å². The average Bonchev–Trinajstić information content (AvgIpc) is 3.06. The second-order valence-corrected chi connectivity index (χ2v) is 13.1. The Labute approximate surface area is 277 Å². The highest BCUT2D eigenvalue weighted by Gasteiger charge is 2.34. The zero-order chi connectivity index (χ0) is 32.9. The van der Waals surface area contributed by atoms with Gasteiger partial charge < -0.3 is 15.0 Å². The summed E-state index contributed by atoms with van der Waals surface area (Å²) in [5, 5.41) is 3.48. The monoisotopic (exact) mass is 661 g/mol. The van der Waals surface area contributed by atoms with Crippen LogP contribution in [0.1, 0.15) is 37.8 Å². The van der Waals surface area contributed by atoms with Crippen molar-refractivity contribution < 1.29 is 22.7 Å². The second-order valence-electron chi connectivity index (χ2n) is 10.8. The van der Waals surface area contributed by atoms with Crippen LogP contribution in [-0.4, -0.2) is 50.9 Å². The molecule has 0 aliphatic carbocycles. The minimum atomic E-state index is -4.19. The lowest BCUT2D eigenvalue weighted by Crippen LogP contribution is -2.53. The molecule has 0 aliphatic heterocycles. The summed E-state index contributed by atoms with van der Waals surface area (Å²) in [6.07, 6.45) is 1.91. The Morgan fingerprint density at radius 3 is 2.13 bits per heavy atom. The molecule has 0 spiro atoms. The van der Waals surface area contributed by atoms with Gasteiger partial charge in [0, 0.05) is 24.5 Å². The number of hydrogen-bond donors (Lipinski definition) is 1. The van der Waals surface area contributed by atoms with Crippen molar-refractivity contribution in [1.29, 1.82) is 0 Å². The van der Waals surface area contributed by atoms with Gasteiger partial charge in [-0.2, -0.15) is 0 Å². The molecular formula is C36H40ClN3O5S. The molecule has 0 aromatic heterocycles. The van der Waals surface area contributed by atoms with Crippen LogP contribution in [0.5, 0.6) is 5.75 Å². The molecule has 1 N–H and O–H groups in total. The number of carbonyl (C=O) groups is 2. The van der Waals surface area contributed by atoms with Crippen molar-refractivity contribution in [2.24, 2.45) is 0 Å². The molecule has 0 aliphatic rings. The molecule has 0 radical (unpaired) electrons. The Morgan fingerprint density at radius 1 is 0.848 bits per heavy atom. The topological polar surface area (TPSA) is 96.0 Å². The number of rotatable bonds is 16. The highest BCUT2D eigenvalue weighted by Crippen LogP contribution is 2.27. The first-order chi connectivity index (χ1) is 22.2. The van der Waals surface area contributed by atoms with E-state index in [2.05, 4.69) is 5.32 Å². The number of nitrogens with zero attached hydrogens (tertiary/aromatic N) is 2. The molecular weight excluding hydrogens is 622 g/mol. The predicted molar refractivity (Wildman–Crippen MR) is 182 cm³/mol. The fourth-order valence-electron chi connectivity index (χ4n) is 5.02. The number of ether oxygens (including phenoxy) is 1. The van der Waals surface area contributed by atoms with Crippen molar-refractivity contribution in [3.63, 3.8) is 0 Å². The van der Waals surface area contributed by atoms with E-state index in [1.807, 2.05) is 50.2 Å². The van der Waals surface area contributed by atoms with E-state index >= 15 is 0 Å². The Kier molecular flexibility index (Phi) is 12.6. The van der Waals surface area contributed by atoms with E-state index in [9.17, 15) is 18.0 Å². The van der Waals surface area contributed by atoms with Crippen LogP contribution in [-0.2, 0) is 32.6 Å². The summed E-state index contributed by atoms with van der Waals surface area (Å²) in [5.41, 5.74) is 1.86. The van der Waals surface area contributed by atoms with Gasteiger partial charge in [-0.15, -0.1) is 0 Å². The lowest BCUT2D eigenvalue weighted by atomic mass is 10.0. The van der Waals surface area contributed by atoms with Gasteiger partial charge >= 0.3 is 0 Å². The highest BCUT2D eigenvalue weighted by atomic mass is 35.5. The first-order valence-corrected chi connectivity index (χ1v) is 17.2. The SMILES string of the molecule is CCCCNC(=O)C(Cc1ccccc1)N(Cc1cccc(Cl)c1)C(=O)CN(c1ccc(OCC)cc1)S(=O)(=O)c1ccccc1. The zero-order valence-corrected chi connectivity index (χ0v) is 27.7. The lowest BCUT2D eigenvalue weighted by Gasteiger charge is -2.34. The van der Waals surface area contributed by atoms with Crippen LogP contribution in [0.15, 0.2) is 114 Å². The smallest absolute Gasteiger partial charge is 0.264 e. The Hall–Kier alpha value is -4.34. The second kappa shape index (κ2) is 16.8. The molecule has 10 heteroatoms. The van der Waals surface area contributed by atoms with Crippen molar-refractivity contribution in [3.05, 3.63) is 125 Å². The zero-order valence-electron chi connectivity index (χ0n) is 26.1. The van der Waals surface area contributed by atoms with Crippen LogP contribution >= 0.6 is 11.6 Å². The number of nitrogens with one attached hydrogen (secondary N) is 1. The first-order valence-electron chi connectivity index (χ1n) is 15.4. The summed E-state index contributed by atoms with van der Waals surface area (Å²) in [4.78, 5) is 29.8. The van der Waals surface area contributed by atoms with Gasteiger partial charge in [0.2, 0.25) is 11.8 Å². The minimum absolute atomic E-state index is 0.0382. The Morgan fingerprint density at radius 2 is 1.50 bits per heavy atom. The van der Waals surface area contributed by atoms with Gasteiger partial charge in [0.15, 0.2) is 0 Å². The molecule has 1 atom stereocenters. The maximum atomic E-state index is 14.5. The van der Waals surface area contributed by atoms with Crippen LogP contribution in [0.25, 0.3) is 0 Å². The number of sulfonamides is 1. The molecule has 4 aromatic carbocycles. The van der Waals surface area contributed by atoms with Gasteiger partial charge in [-0.25, -0.2) is 8.42 Å². The van der Waals surface area contributed by atoms with Crippen molar-refractivity contribution in [2.75, 3.05) is 24.0 Å². The van der Waals surface area contributed by atoms with Crippen LogP contribution in [0.4, 0.5) is 5.69 Å². The van der Waals surface area contributed by atoms with Crippen molar-refractivity contribution in [2.45, 2.75) is 50.6 Å². The highest BCUT2D eigenvalue weighted by molar-refractivity contribution is 7.92. The third-order valence-corrected chi connectivity index (χ3v) is 9.41. The summed E-state index contributed by atoms with van der Waals surface area (Å²) < 4.78 is 34.8. The number of hydrogen-bond acceptors (Lipinski definition) is 5. The van der Waals surface area contributed by atoms with E-state index in [1.165, 1.54) is 17.0 Å². The molecule has 0 saturated carbocycles. The van der Waals surface area contributed by atoms with E-state index in [4.69, 9.17) is 16.3 Å². The number of amides is 2. The van der Waals surface area contributed by atoms with Gasteiger partial charge in [0.05, 0.1) is 17.2 Å². The summed E-state index contributed by atoms with van der Waals surface area (Å²) in [6.45, 7) is 4.30. The molecule has 4 aromatic rings. The van der Waals surface area contributed by atoms with Gasteiger partial charge in [0.25, 0.3) is 10.0 Å². The number of anilines is 1. The number of benzene rings is 4. The van der Waals surface area contributed by atoms with E-state index in [0.29, 0.717) is 29.5 Å². The first kappa shape index (κ1) is 34.5. The molecule has 4 rings (SSSR count). The third-order valence-electron chi connectivity index (χ3n) is 7.39. The number of halogens is 1. The van der Waals surface area contributed by atoms with Crippen LogP contribution in [0, 0.1) is 0 Å². The Bertz CT molecular complexity index is 1670. The largest absolute Gasteiger partial charge is 0.494 e. The van der Waals surface area contributed by atoms with Gasteiger partial charge in [-0.3, -0.25) is 13.9 Å². The fraction of sp³-hybridized carbons (Fsp3) is 0.278. The lowest BCUT2D eigenvalue weighted by molar-refractivity contribution is -0.140. The van der Waals surface area contributed by atoms with Gasteiger partial charge in [-0.1, -0.05) is 85.6 Å². The fourth-order valence-corrected chi connectivity index (χ4v) is 6.66. The van der Waals surface area contributed by atoms with Crippen molar-refractivity contribution in [1.82, 2.24) is 10.2 Å². The average molecular weight is 662 g/mol. The van der Waals surface area contributed by atoms with E-state index in [-0.39, 0.29) is 29.5 Å². The van der Waals surface area contributed by atoms with Crippen molar-refractivity contribution in [3.8, 4) is 5.75 Å². The summed E-state index contributed by atoms with van der Waals surface area (Å²) >= 11 is 6.31. The third kappa shape index (κ3) is 9.34. The van der Waals surface area contributed by atoms with Gasteiger partial charge in [0.1, 0.15) is 18.3 Å². The summed E-state index contributed by atoms with van der Waals surface area (Å²) in [5.74, 6) is -0.282. The maximum absolute atomic E-state index is 14.5. The quantitative estimate of drug-likeness (QED) is 0.139. The van der Waals surface area contributed by atoms with Crippen molar-refractivity contribution >= 4 is 39.1 Å². The predicted octanol–water partition coefficient (Wildman–Crippen LogP) is 6.49. The molecule has 0 saturated heterocycles. The molecule has 2 amide bonds. The van der Waals surface area contributed by atoms with Crippen LogP contribution < -0.4 is 14.4 Å². The molecule has 8 nitrogen and oxygen atoms in total. The summed E-state index contributed by atoms with van der Waals surface area (Å²) in [6, 6.07) is 30.1. The van der Waals surface area contributed by atoms with E-state index in [0.717, 1.165) is 22.7 Å². The van der Waals surface area contributed by atoms with Crippen LogP contribution in [0.3, 0.4) is 0 Å². The molecule has 0 fully saturated rings. The van der Waals surface area contributed by atoms with Crippen LogP contribution in [0.2, 0.25) is 5.02 Å². The normalized spacial score (nSPS) is 11.8. The summed E-state index contributed by atoms with van der Waals surface area (Å²) in [7, 11) is -4.19.